The fourth-order valence-corrected chi connectivity index (χ4v) is 3.42. The highest BCUT2D eigenvalue weighted by atomic mass is 32.2. The molecule has 0 unspecified atom stereocenters. The molecular weight excluding hydrogens is 284 g/mol. The lowest BCUT2D eigenvalue weighted by Gasteiger charge is -2.04. The summed E-state index contributed by atoms with van der Waals surface area (Å²) in [6.45, 7) is 8.59. The van der Waals surface area contributed by atoms with E-state index in [1.54, 1.807) is 11.3 Å². The van der Waals surface area contributed by atoms with E-state index < -0.39 is 0 Å². The van der Waals surface area contributed by atoms with Crippen molar-refractivity contribution in [3.63, 3.8) is 0 Å². The summed E-state index contributed by atoms with van der Waals surface area (Å²) < 4.78 is 0. The van der Waals surface area contributed by atoms with E-state index >= 15 is 0 Å². The SMILES string of the molecule is CCSc1ccc(-c2ncc(CNCC(C)C)s2)cc1. The molecule has 0 aliphatic carbocycles. The Morgan fingerprint density at radius 2 is 2.00 bits per heavy atom. The zero-order valence-corrected chi connectivity index (χ0v) is 14.0. The fraction of sp³-hybridized carbons (Fsp3) is 0.438. The Morgan fingerprint density at radius 1 is 1.25 bits per heavy atom. The van der Waals surface area contributed by atoms with E-state index in [-0.39, 0.29) is 0 Å². The summed E-state index contributed by atoms with van der Waals surface area (Å²) in [6.07, 6.45) is 1.99. The average Bonchev–Trinajstić information content (AvgIpc) is 2.88. The second-order valence-electron chi connectivity index (χ2n) is 5.11. The predicted octanol–water partition coefficient (Wildman–Crippen LogP) is 4.67. The molecule has 0 bridgehead atoms. The minimum Gasteiger partial charge on any atom is -0.312 e. The first-order chi connectivity index (χ1) is 9.69. The van der Waals surface area contributed by atoms with Crippen molar-refractivity contribution in [3.8, 4) is 10.6 Å². The second-order valence-corrected chi connectivity index (χ2v) is 7.57. The van der Waals surface area contributed by atoms with E-state index in [1.165, 1.54) is 15.3 Å². The number of hydrogen-bond donors (Lipinski definition) is 1. The van der Waals surface area contributed by atoms with Crippen LogP contribution in [0.25, 0.3) is 10.6 Å². The van der Waals surface area contributed by atoms with Crippen LogP contribution in [0, 0.1) is 5.92 Å². The van der Waals surface area contributed by atoms with Crippen LogP contribution in [0.15, 0.2) is 35.4 Å². The zero-order valence-electron chi connectivity index (χ0n) is 12.3. The highest BCUT2D eigenvalue weighted by Crippen LogP contribution is 2.27. The normalized spacial score (nSPS) is 11.2. The van der Waals surface area contributed by atoms with Crippen LogP contribution < -0.4 is 5.32 Å². The van der Waals surface area contributed by atoms with Gasteiger partial charge in [-0.3, -0.25) is 0 Å². The van der Waals surface area contributed by atoms with Crippen LogP contribution in [0.5, 0.6) is 0 Å². The molecule has 0 aliphatic heterocycles. The molecule has 1 aromatic heterocycles. The van der Waals surface area contributed by atoms with Crippen molar-refractivity contribution >= 4 is 23.1 Å². The third-order valence-corrected chi connectivity index (χ3v) is 4.76. The summed E-state index contributed by atoms with van der Waals surface area (Å²) >= 11 is 3.65. The first-order valence-corrected chi connectivity index (χ1v) is 8.88. The van der Waals surface area contributed by atoms with E-state index in [0.717, 1.165) is 23.8 Å². The Labute approximate surface area is 130 Å². The lowest BCUT2D eigenvalue weighted by Crippen LogP contribution is -2.18. The van der Waals surface area contributed by atoms with Crippen molar-refractivity contribution in [1.82, 2.24) is 10.3 Å². The molecule has 2 aromatic rings. The van der Waals surface area contributed by atoms with Gasteiger partial charge in [-0.1, -0.05) is 32.9 Å². The molecular formula is C16H22N2S2. The van der Waals surface area contributed by atoms with Gasteiger partial charge >= 0.3 is 0 Å². The molecule has 0 atom stereocenters. The molecule has 0 aliphatic rings. The van der Waals surface area contributed by atoms with Crippen LogP contribution >= 0.6 is 23.1 Å². The molecule has 0 radical (unpaired) electrons. The molecule has 0 saturated heterocycles. The smallest absolute Gasteiger partial charge is 0.123 e. The van der Waals surface area contributed by atoms with Crippen molar-refractivity contribution in [3.05, 3.63) is 35.3 Å². The lowest BCUT2D eigenvalue weighted by atomic mass is 10.2. The summed E-state index contributed by atoms with van der Waals surface area (Å²) in [5, 5.41) is 4.57. The predicted molar refractivity (Wildman–Crippen MR) is 90.5 cm³/mol. The minimum atomic E-state index is 0.686. The summed E-state index contributed by atoms with van der Waals surface area (Å²) in [5.41, 5.74) is 1.21. The first-order valence-electron chi connectivity index (χ1n) is 7.07. The maximum atomic E-state index is 4.53. The van der Waals surface area contributed by atoms with Gasteiger partial charge in [-0.25, -0.2) is 4.98 Å². The van der Waals surface area contributed by atoms with Crippen LogP contribution in [0.2, 0.25) is 0 Å². The standard InChI is InChI=1S/C16H22N2S2/c1-4-19-14-7-5-13(6-8-14)16-18-11-15(20-16)10-17-9-12(2)3/h5-8,11-12,17H,4,9-10H2,1-3H3. The van der Waals surface area contributed by atoms with Crippen LogP contribution in [0.4, 0.5) is 0 Å². The molecule has 2 rings (SSSR count). The number of nitrogens with one attached hydrogen (secondary N) is 1. The van der Waals surface area contributed by atoms with Gasteiger partial charge in [-0.05, 0) is 30.3 Å². The molecule has 0 saturated carbocycles. The molecule has 0 spiro atoms. The summed E-state index contributed by atoms with van der Waals surface area (Å²) in [5.74, 6) is 1.80. The molecule has 108 valence electrons. The molecule has 0 amide bonds. The average molecular weight is 306 g/mol. The third-order valence-electron chi connectivity index (χ3n) is 2.82. The summed E-state index contributed by atoms with van der Waals surface area (Å²) in [4.78, 5) is 7.16. The minimum absolute atomic E-state index is 0.686. The molecule has 0 fully saturated rings. The van der Waals surface area contributed by atoms with E-state index in [0.29, 0.717) is 5.92 Å². The quantitative estimate of drug-likeness (QED) is 0.753. The number of thiazole rings is 1. The maximum Gasteiger partial charge on any atom is 0.123 e. The lowest BCUT2D eigenvalue weighted by molar-refractivity contribution is 0.554. The van der Waals surface area contributed by atoms with Gasteiger partial charge in [-0.15, -0.1) is 23.1 Å². The highest BCUT2D eigenvalue weighted by molar-refractivity contribution is 7.99. The summed E-state index contributed by atoms with van der Waals surface area (Å²) in [6, 6.07) is 8.70. The topological polar surface area (TPSA) is 24.9 Å². The van der Waals surface area contributed by atoms with Gasteiger partial charge in [0, 0.05) is 28.1 Å². The molecule has 1 heterocycles. The van der Waals surface area contributed by atoms with Crippen molar-refractivity contribution in [2.75, 3.05) is 12.3 Å². The number of hydrogen-bond acceptors (Lipinski definition) is 4. The highest BCUT2D eigenvalue weighted by Gasteiger charge is 2.05. The van der Waals surface area contributed by atoms with Gasteiger partial charge in [0.1, 0.15) is 5.01 Å². The molecule has 1 aromatic carbocycles. The van der Waals surface area contributed by atoms with E-state index in [9.17, 15) is 0 Å². The second kappa shape index (κ2) is 7.81. The Hall–Kier alpha value is -0.840. The van der Waals surface area contributed by atoms with Gasteiger partial charge in [-0.2, -0.15) is 0 Å². The van der Waals surface area contributed by atoms with Crippen LogP contribution in [0.3, 0.4) is 0 Å². The Bertz CT molecular complexity index is 518. The number of nitrogens with zero attached hydrogens (tertiary/aromatic N) is 1. The van der Waals surface area contributed by atoms with Gasteiger partial charge in [0.05, 0.1) is 0 Å². The Morgan fingerprint density at radius 3 is 2.65 bits per heavy atom. The van der Waals surface area contributed by atoms with Gasteiger partial charge in [0.2, 0.25) is 0 Å². The molecule has 4 heteroatoms. The largest absolute Gasteiger partial charge is 0.312 e. The molecule has 1 N–H and O–H groups in total. The van der Waals surface area contributed by atoms with Crippen LogP contribution in [-0.2, 0) is 6.54 Å². The van der Waals surface area contributed by atoms with Crippen LogP contribution in [0.1, 0.15) is 25.6 Å². The monoisotopic (exact) mass is 306 g/mol. The Balaban J connectivity index is 1.97. The van der Waals surface area contributed by atoms with Crippen molar-refractivity contribution in [2.45, 2.75) is 32.2 Å². The summed E-state index contributed by atoms with van der Waals surface area (Å²) in [7, 11) is 0. The Kier molecular flexibility index (Phi) is 6.07. The van der Waals surface area contributed by atoms with Crippen LogP contribution in [-0.4, -0.2) is 17.3 Å². The van der Waals surface area contributed by atoms with Crippen molar-refractivity contribution < 1.29 is 0 Å². The molecule has 2 nitrogen and oxygen atoms in total. The number of thioether (sulfide) groups is 1. The van der Waals surface area contributed by atoms with E-state index in [1.807, 2.05) is 18.0 Å². The van der Waals surface area contributed by atoms with Gasteiger partial charge in [0.15, 0.2) is 0 Å². The van der Waals surface area contributed by atoms with E-state index in [4.69, 9.17) is 0 Å². The number of aromatic nitrogens is 1. The van der Waals surface area contributed by atoms with E-state index in [2.05, 4.69) is 55.3 Å². The van der Waals surface area contributed by atoms with Crippen molar-refractivity contribution in [2.24, 2.45) is 5.92 Å². The first kappa shape index (κ1) is 15.5. The third kappa shape index (κ3) is 4.62. The zero-order chi connectivity index (χ0) is 14.4. The van der Waals surface area contributed by atoms with Crippen molar-refractivity contribution in [1.29, 1.82) is 0 Å². The number of benzene rings is 1. The molecule has 20 heavy (non-hydrogen) atoms. The van der Waals surface area contributed by atoms with Gasteiger partial charge < -0.3 is 5.32 Å². The fourth-order valence-electron chi connectivity index (χ4n) is 1.87. The van der Waals surface area contributed by atoms with Gasteiger partial charge in [0.25, 0.3) is 0 Å². The number of rotatable bonds is 7. The maximum absolute atomic E-state index is 4.53.